The third-order valence-corrected chi connectivity index (χ3v) is 1.67. The maximum atomic E-state index is 10.4. The highest BCUT2D eigenvalue weighted by Gasteiger charge is 2.13. The molecule has 1 rings (SSSR count). The van der Waals surface area contributed by atoms with Crippen LogP contribution in [0.3, 0.4) is 0 Å². The monoisotopic (exact) mass is 181 g/mol. The molecule has 0 aromatic carbocycles. The van der Waals surface area contributed by atoms with Crippen LogP contribution < -0.4 is 5.73 Å². The second-order valence-electron chi connectivity index (χ2n) is 2.60. The lowest BCUT2D eigenvalue weighted by atomic mass is 10.2. The minimum absolute atomic E-state index is 0.251. The van der Waals surface area contributed by atoms with E-state index in [4.69, 9.17) is 10.8 Å². The topological polar surface area (TPSA) is 81.1 Å². The Morgan fingerprint density at radius 1 is 1.92 bits per heavy atom. The quantitative estimate of drug-likeness (QED) is 0.681. The van der Waals surface area contributed by atoms with E-state index in [0.29, 0.717) is 0 Å². The number of rotatable bonds is 4. The van der Waals surface area contributed by atoms with Crippen LogP contribution >= 0.6 is 0 Å². The van der Waals surface area contributed by atoms with Gasteiger partial charge in [0, 0.05) is 24.5 Å². The van der Waals surface area contributed by atoms with Gasteiger partial charge in [-0.25, -0.2) is 4.68 Å². The number of aliphatic carboxylic acids is 1. The third-order valence-electron chi connectivity index (χ3n) is 1.67. The number of aromatic nitrogens is 2. The van der Waals surface area contributed by atoms with E-state index in [2.05, 4.69) is 11.7 Å². The van der Waals surface area contributed by atoms with Crippen molar-refractivity contribution in [3.63, 3.8) is 0 Å². The summed E-state index contributed by atoms with van der Waals surface area (Å²) in [7, 11) is 0. The molecule has 0 spiro atoms. The van der Waals surface area contributed by atoms with Gasteiger partial charge in [-0.1, -0.05) is 6.58 Å². The van der Waals surface area contributed by atoms with Crippen LogP contribution in [-0.2, 0) is 11.2 Å². The highest BCUT2D eigenvalue weighted by atomic mass is 16.4. The fourth-order valence-corrected chi connectivity index (χ4v) is 0.980. The Balaban J connectivity index is 2.73. The fourth-order valence-electron chi connectivity index (χ4n) is 0.980. The number of carboxylic acid groups (broad SMARTS) is 1. The zero-order chi connectivity index (χ0) is 9.84. The van der Waals surface area contributed by atoms with Gasteiger partial charge in [-0.3, -0.25) is 4.79 Å². The first-order valence-corrected chi connectivity index (χ1v) is 3.78. The van der Waals surface area contributed by atoms with Crippen LogP contribution in [0.1, 0.15) is 5.69 Å². The predicted octanol–water partition coefficient (Wildman–Crippen LogP) is -0.0620. The molecule has 5 heteroatoms. The maximum absolute atomic E-state index is 10.4. The van der Waals surface area contributed by atoms with Gasteiger partial charge in [-0.05, 0) is 6.07 Å². The smallest absolute Gasteiger partial charge is 0.320 e. The molecule has 70 valence electrons. The van der Waals surface area contributed by atoms with Crippen LogP contribution in [0.15, 0.2) is 18.8 Å². The van der Waals surface area contributed by atoms with E-state index in [1.165, 1.54) is 10.9 Å². The van der Waals surface area contributed by atoms with Gasteiger partial charge < -0.3 is 10.8 Å². The van der Waals surface area contributed by atoms with E-state index >= 15 is 0 Å². The molecule has 1 heterocycles. The highest BCUT2D eigenvalue weighted by molar-refractivity contribution is 5.73. The molecule has 0 amide bonds. The Labute approximate surface area is 75.5 Å². The van der Waals surface area contributed by atoms with Crippen LogP contribution in [0.25, 0.3) is 6.20 Å². The molecule has 13 heavy (non-hydrogen) atoms. The lowest BCUT2D eigenvalue weighted by Crippen LogP contribution is -2.32. The van der Waals surface area contributed by atoms with E-state index in [1.54, 1.807) is 12.3 Å². The van der Waals surface area contributed by atoms with Gasteiger partial charge in [0.05, 0.1) is 0 Å². The van der Waals surface area contributed by atoms with Gasteiger partial charge in [0.15, 0.2) is 0 Å². The van der Waals surface area contributed by atoms with Crippen molar-refractivity contribution in [1.82, 2.24) is 9.78 Å². The second kappa shape index (κ2) is 3.86. The molecule has 5 nitrogen and oxygen atoms in total. The molecule has 0 aliphatic rings. The summed E-state index contributed by atoms with van der Waals surface area (Å²) >= 11 is 0. The molecule has 0 saturated carbocycles. The maximum Gasteiger partial charge on any atom is 0.320 e. The van der Waals surface area contributed by atoms with Gasteiger partial charge in [-0.2, -0.15) is 5.10 Å². The van der Waals surface area contributed by atoms with E-state index in [-0.39, 0.29) is 6.42 Å². The number of hydrogen-bond donors (Lipinski definition) is 2. The number of hydrogen-bond acceptors (Lipinski definition) is 3. The van der Waals surface area contributed by atoms with E-state index in [9.17, 15) is 4.79 Å². The molecule has 1 aromatic rings. The summed E-state index contributed by atoms with van der Waals surface area (Å²) in [4.78, 5) is 10.4. The molecule has 0 radical (unpaired) electrons. The van der Waals surface area contributed by atoms with Crippen molar-refractivity contribution >= 4 is 12.2 Å². The van der Waals surface area contributed by atoms with Gasteiger partial charge >= 0.3 is 5.97 Å². The highest BCUT2D eigenvalue weighted by Crippen LogP contribution is 2.02. The summed E-state index contributed by atoms with van der Waals surface area (Å²) in [6.45, 7) is 3.53. The van der Waals surface area contributed by atoms with Crippen molar-refractivity contribution in [1.29, 1.82) is 0 Å². The zero-order valence-electron chi connectivity index (χ0n) is 7.05. The average molecular weight is 181 g/mol. The number of nitrogens with two attached hydrogens (primary N) is 1. The first-order chi connectivity index (χ1) is 6.15. The molecule has 1 atom stereocenters. The summed E-state index contributed by atoms with van der Waals surface area (Å²) in [5.41, 5.74) is 6.10. The van der Waals surface area contributed by atoms with E-state index < -0.39 is 12.0 Å². The van der Waals surface area contributed by atoms with Crippen LogP contribution in [0, 0.1) is 0 Å². The standard InChI is InChI=1S/C8H11N3O2/c1-2-11-6(3-4-10-11)5-7(9)8(12)13/h2-4,7H,1,5,9H2,(H,12,13). The predicted molar refractivity (Wildman–Crippen MR) is 47.9 cm³/mol. The van der Waals surface area contributed by atoms with E-state index in [0.717, 1.165) is 5.69 Å². The van der Waals surface area contributed by atoms with Crippen LogP contribution in [0.4, 0.5) is 0 Å². The largest absolute Gasteiger partial charge is 0.480 e. The molecule has 0 aliphatic carbocycles. The van der Waals surface area contributed by atoms with Crippen LogP contribution in [0.2, 0.25) is 0 Å². The summed E-state index contributed by atoms with van der Waals surface area (Å²) in [5.74, 6) is -1.02. The van der Waals surface area contributed by atoms with E-state index in [1.807, 2.05) is 0 Å². The SMILES string of the molecule is C=Cn1nccc1CC(N)C(=O)O. The summed E-state index contributed by atoms with van der Waals surface area (Å²) in [6, 6.07) is 0.820. The van der Waals surface area contributed by atoms with Crippen LogP contribution in [0.5, 0.6) is 0 Å². The lowest BCUT2D eigenvalue weighted by Gasteiger charge is -2.05. The summed E-state index contributed by atoms with van der Waals surface area (Å²) < 4.78 is 1.50. The number of carboxylic acids is 1. The lowest BCUT2D eigenvalue weighted by molar-refractivity contribution is -0.138. The van der Waals surface area contributed by atoms with Gasteiger partial charge in [-0.15, -0.1) is 0 Å². The normalized spacial score (nSPS) is 12.4. The zero-order valence-corrected chi connectivity index (χ0v) is 7.05. The van der Waals surface area contributed by atoms with Gasteiger partial charge in [0.1, 0.15) is 6.04 Å². The van der Waals surface area contributed by atoms with Crippen molar-refractivity contribution < 1.29 is 9.90 Å². The molecule has 1 aromatic heterocycles. The first kappa shape index (κ1) is 9.47. The minimum Gasteiger partial charge on any atom is -0.480 e. The Hall–Kier alpha value is -1.62. The molecule has 1 unspecified atom stereocenters. The first-order valence-electron chi connectivity index (χ1n) is 3.78. The van der Waals surface area contributed by atoms with Crippen molar-refractivity contribution in [2.45, 2.75) is 12.5 Å². The van der Waals surface area contributed by atoms with Gasteiger partial charge in [0.25, 0.3) is 0 Å². The summed E-state index contributed by atoms with van der Waals surface area (Å²) in [5, 5.41) is 12.5. The van der Waals surface area contributed by atoms with Crippen molar-refractivity contribution in [2.75, 3.05) is 0 Å². The van der Waals surface area contributed by atoms with Gasteiger partial charge in [0.2, 0.25) is 0 Å². The van der Waals surface area contributed by atoms with Crippen molar-refractivity contribution in [2.24, 2.45) is 5.73 Å². The second-order valence-corrected chi connectivity index (χ2v) is 2.60. The molecule has 0 bridgehead atoms. The molecular formula is C8H11N3O2. The Morgan fingerprint density at radius 2 is 2.62 bits per heavy atom. The molecule has 0 saturated heterocycles. The Bertz CT molecular complexity index is 319. The fraction of sp³-hybridized carbons (Fsp3) is 0.250. The number of nitrogens with zero attached hydrogens (tertiary/aromatic N) is 2. The summed E-state index contributed by atoms with van der Waals surface area (Å²) in [6.07, 6.45) is 3.33. The third kappa shape index (κ3) is 2.16. The molecular weight excluding hydrogens is 170 g/mol. The Kier molecular flexibility index (Phi) is 2.81. The molecule has 0 fully saturated rings. The van der Waals surface area contributed by atoms with Crippen LogP contribution in [-0.4, -0.2) is 26.9 Å². The van der Waals surface area contributed by atoms with Crippen molar-refractivity contribution in [3.8, 4) is 0 Å². The Morgan fingerprint density at radius 3 is 3.15 bits per heavy atom. The molecule has 0 aliphatic heterocycles. The van der Waals surface area contributed by atoms with Crippen molar-refractivity contribution in [3.05, 3.63) is 24.5 Å². The minimum atomic E-state index is -1.02. The molecule has 3 N–H and O–H groups in total. The average Bonchev–Trinajstić information content (AvgIpc) is 2.51. The number of carbonyl (C=O) groups is 1.